The second kappa shape index (κ2) is 6.25. The second-order valence-corrected chi connectivity index (χ2v) is 6.15. The van der Waals surface area contributed by atoms with Crippen LogP contribution < -0.4 is 5.73 Å². The number of hydrogen-bond donors (Lipinski definition) is 1. The third-order valence-electron chi connectivity index (χ3n) is 4.77. The van der Waals surface area contributed by atoms with Crippen molar-refractivity contribution in [3.05, 3.63) is 35.4 Å². The Morgan fingerprint density at radius 3 is 2.80 bits per heavy atom. The van der Waals surface area contributed by atoms with Gasteiger partial charge < -0.3 is 10.5 Å². The van der Waals surface area contributed by atoms with E-state index in [-0.39, 0.29) is 6.04 Å². The molecule has 20 heavy (non-hydrogen) atoms. The fourth-order valence-electron chi connectivity index (χ4n) is 3.57. The van der Waals surface area contributed by atoms with Crippen molar-refractivity contribution in [1.82, 2.24) is 4.90 Å². The van der Waals surface area contributed by atoms with Gasteiger partial charge >= 0.3 is 0 Å². The number of aryl methyl sites for hydroxylation is 1. The minimum absolute atomic E-state index is 0.145. The van der Waals surface area contributed by atoms with Crippen molar-refractivity contribution in [1.29, 1.82) is 0 Å². The first-order valence-corrected chi connectivity index (χ1v) is 7.89. The highest BCUT2D eigenvalue weighted by Crippen LogP contribution is 2.36. The molecule has 1 saturated carbocycles. The van der Waals surface area contributed by atoms with Crippen LogP contribution >= 0.6 is 0 Å². The van der Waals surface area contributed by atoms with Crippen molar-refractivity contribution >= 4 is 0 Å². The normalized spacial score (nSPS) is 26.4. The summed E-state index contributed by atoms with van der Waals surface area (Å²) in [5, 5.41) is 0. The van der Waals surface area contributed by atoms with Crippen LogP contribution in [-0.2, 0) is 11.2 Å². The Morgan fingerprint density at radius 1 is 1.25 bits per heavy atom. The van der Waals surface area contributed by atoms with Gasteiger partial charge in [0.25, 0.3) is 0 Å². The number of ether oxygens (including phenoxy) is 1. The Labute approximate surface area is 122 Å². The van der Waals surface area contributed by atoms with Crippen molar-refractivity contribution < 1.29 is 4.74 Å². The summed E-state index contributed by atoms with van der Waals surface area (Å²) in [6.45, 7) is 1.82. The molecule has 1 aromatic rings. The predicted molar refractivity (Wildman–Crippen MR) is 81.7 cm³/mol. The van der Waals surface area contributed by atoms with E-state index in [1.807, 2.05) is 0 Å². The van der Waals surface area contributed by atoms with Gasteiger partial charge in [-0.15, -0.1) is 0 Å². The zero-order chi connectivity index (χ0) is 13.9. The zero-order valence-electron chi connectivity index (χ0n) is 12.4. The van der Waals surface area contributed by atoms with E-state index in [9.17, 15) is 0 Å². The maximum absolute atomic E-state index is 6.65. The van der Waals surface area contributed by atoms with Crippen LogP contribution in [0.25, 0.3) is 0 Å². The molecule has 2 aliphatic rings. The SMILES string of the molecule is COCCN(C1CC1)C1CCCc2ccccc2C1N. The molecule has 0 saturated heterocycles. The van der Waals surface area contributed by atoms with Crippen LogP contribution in [0, 0.1) is 0 Å². The Bertz CT molecular complexity index is 444. The Balaban J connectivity index is 1.81. The molecule has 2 aliphatic carbocycles. The van der Waals surface area contributed by atoms with Crippen LogP contribution in [0.1, 0.15) is 42.9 Å². The first kappa shape index (κ1) is 14.1. The van der Waals surface area contributed by atoms with Gasteiger partial charge in [-0.3, -0.25) is 4.90 Å². The van der Waals surface area contributed by atoms with Crippen LogP contribution in [-0.4, -0.2) is 37.2 Å². The van der Waals surface area contributed by atoms with Gasteiger partial charge in [-0.25, -0.2) is 0 Å². The van der Waals surface area contributed by atoms with E-state index in [4.69, 9.17) is 10.5 Å². The summed E-state index contributed by atoms with van der Waals surface area (Å²) in [4.78, 5) is 2.62. The molecule has 1 aromatic carbocycles. The number of rotatable bonds is 5. The molecule has 2 atom stereocenters. The molecule has 0 aliphatic heterocycles. The zero-order valence-corrected chi connectivity index (χ0v) is 12.4. The smallest absolute Gasteiger partial charge is 0.0589 e. The van der Waals surface area contributed by atoms with Crippen LogP contribution in [0.4, 0.5) is 0 Å². The molecule has 0 spiro atoms. The molecule has 0 heterocycles. The fourth-order valence-corrected chi connectivity index (χ4v) is 3.57. The lowest BCUT2D eigenvalue weighted by molar-refractivity contribution is 0.0981. The molecule has 3 rings (SSSR count). The van der Waals surface area contributed by atoms with Gasteiger partial charge in [0.1, 0.15) is 0 Å². The van der Waals surface area contributed by atoms with Gasteiger partial charge in [0, 0.05) is 31.8 Å². The second-order valence-electron chi connectivity index (χ2n) is 6.15. The van der Waals surface area contributed by atoms with Gasteiger partial charge in [0.05, 0.1) is 6.61 Å². The quantitative estimate of drug-likeness (QED) is 0.838. The summed E-state index contributed by atoms with van der Waals surface area (Å²) < 4.78 is 5.29. The number of methoxy groups -OCH3 is 1. The van der Waals surface area contributed by atoms with Gasteiger partial charge in [0.15, 0.2) is 0 Å². The molecule has 2 N–H and O–H groups in total. The minimum atomic E-state index is 0.145. The van der Waals surface area contributed by atoms with E-state index in [1.165, 1.54) is 43.2 Å². The van der Waals surface area contributed by atoms with E-state index in [1.54, 1.807) is 7.11 Å². The van der Waals surface area contributed by atoms with Crippen molar-refractivity contribution in [2.45, 2.75) is 50.2 Å². The molecule has 3 nitrogen and oxygen atoms in total. The highest BCUT2D eigenvalue weighted by Gasteiger charge is 2.37. The average Bonchev–Trinajstić information content (AvgIpc) is 3.30. The van der Waals surface area contributed by atoms with Crippen LogP contribution in [0.3, 0.4) is 0 Å². The highest BCUT2D eigenvalue weighted by atomic mass is 16.5. The summed E-state index contributed by atoms with van der Waals surface area (Å²) in [5.41, 5.74) is 9.45. The third kappa shape index (κ3) is 2.90. The van der Waals surface area contributed by atoms with Crippen LogP contribution in [0.15, 0.2) is 24.3 Å². The highest BCUT2D eigenvalue weighted by molar-refractivity contribution is 5.32. The van der Waals surface area contributed by atoms with Crippen molar-refractivity contribution in [2.24, 2.45) is 5.73 Å². The molecular formula is C17H26N2O. The van der Waals surface area contributed by atoms with Gasteiger partial charge in [-0.05, 0) is 43.2 Å². The van der Waals surface area contributed by atoms with Crippen molar-refractivity contribution in [2.75, 3.05) is 20.3 Å². The lowest BCUT2D eigenvalue weighted by atomic mass is 9.96. The third-order valence-corrected chi connectivity index (χ3v) is 4.77. The Morgan fingerprint density at radius 2 is 2.05 bits per heavy atom. The predicted octanol–water partition coefficient (Wildman–Crippen LogP) is 2.50. The van der Waals surface area contributed by atoms with E-state index >= 15 is 0 Å². The van der Waals surface area contributed by atoms with E-state index in [2.05, 4.69) is 29.2 Å². The molecule has 0 bridgehead atoms. The molecular weight excluding hydrogens is 248 g/mol. The molecule has 1 fully saturated rings. The summed E-state index contributed by atoms with van der Waals surface area (Å²) in [6, 6.07) is 10.1. The minimum Gasteiger partial charge on any atom is -0.383 e. The largest absolute Gasteiger partial charge is 0.383 e. The van der Waals surface area contributed by atoms with Crippen molar-refractivity contribution in [3.63, 3.8) is 0 Å². The maximum Gasteiger partial charge on any atom is 0.0589 e. The van der Waals surface area contributed by atoms with Gasteiger partial charge in [0.2, 0.25) is 0 Å². The standard InChI is InChI=1S/C17H26N2O/c1-20-12-11-19(14-9-10-14)16-8-4-6-13-5-2-3-7-15(13)17(16)18/h2-3,5,7,14,16-17H,4,6,8-12,18H2,1H3. The monoisotopic (exact) mass is 274 g/mol. The molecule has 0 radical (unpaired) electrons. The number of fused-ring (bicyclic) bond motifs is 1. The lowest BCUT2D eigenvalue weighted by Crippen LogP contribution is -2.45. The Kier molecular flexibility index (Phi) is 4.39. The van der Waals surface area contributed by atoms with Crippen LogP contribution in [0.5, 0.6) is 0 Å². The number of hydrogen-bond acceptors (Lipinski definition) is 3. The lowest BCUT2D eigenvalue weighted by Gasteiger charge is -2.35. The number of benzene rings is 1. The number of nitrogens with zero attached hydrogens (tertiary/aromatic N) is 1. The summed E-state index contributed by atoms with van der Waals surface area (Å²) in [6.07, 6.45) is 6.27. The maximum atomic E-state index is 6.65. The average molecular weight is 274 g/mol. The fraction of sp³-hybridized carbons (Fsp3) is 0.647. The van der Waals surface area contributed by atoms with Gasteiger partial charge in [-0.1, -0.05) is 24.3 Å². The molecule has 0 amide bonds. The molecule has 110 valence electrons. The van der Waals surface area contributed by atoms with E-state index in [0.29, 0.717) is 6.04 Å². The van der Waals surface area contributed by atoms with Crippen molar-refractivity contribution in [3.8, 4) is 0 Å². The topological polar surface area (TPSA) is 38.5 Å². The van der Waals surface area contributed by atoms with E-state index < -0.39 is 0 Å². The van der Waals surface area contributed by atoms with Crippen LogP contribution in [0.2, 0.25) is 0 Å². The number of nitrogens with two attached hydrogens (primary N) is 1. The Hall–Kier alpha value is -0.900. The molecule has 2 unspecified atom stereocenters. The van der Waals surface area contributed by atoms with Gasteiger partial charge in [-0.2, -0.15) is 0 Å². The molecule has 3 heteroatoms. The summed E-state index contributed by atoms with van der Waals surface area (Å²) >= 11 is 0. The molecule has 0 aromatic heterocycles. The first-order chi connectivity index (χ1) is 9.81. The first-order valence-electron chi connectivity index (χ1n) is 7.89. The van der Waals surface area contributed by atoms with E-state index in [0.717, 1.165) is 19.2 Å². The summed E-state index contributed by atoms with van der Waals surface area (Å²) in [7, 11) is 1.79. The summed E-state index contributed by atoms with van der Waals surface area (Å²) in [5.74, 6) is 0.